The molecule has 4 nitrogen and oxygen atoms in total. The van der Waals surface area contributed by atoms with Crippen molar-refractivity contribution < 1.29 is 14.7 Å². The molecular weight excluding hydrogens is 422 g/mol. The zero-order chi connectivity index (χ0) is 18.0. The third-order valence-electron chi connectivity index (χ3n) is 3.58. The maximum Gasteiger partial charge on any atom is 0.331 e. The molecule has 1 amide bonds. The molecule has 0 spiro atoms. The van der Waals surface area contributed by atoms with Gasteiger partial charge in [-0.3, -0.25) is 9.69 Å². The summed E-state index contributed by atoms with van der Waals surface area (Å²) in [6, 6.07) is 15.0. The first kappa shape index (κ1) is 17.8. The Balaban J connectivity index is 1.96. The number of benzene rings is 2. The van der Waals surface area contributed by atoms with E-state index < -0.39 is 17.9 Å². The molecule has 0 radical (unpaired) electrons. The van der Waals surface area contributed by atoms with E-state index in [0.717, 1.165) is 21.8 Å². The summed E-state index contributed by atoms with van der Waals surface area (Å²) in [4.78, 5) is 26.2. The van der Waals surface area contributed by atoms with Gasteiger partial charge in [-0.05, 0) is 29.3 Å². The lowest BCUT2D eigenvalue weighted by molar-refractivity contribution is -0.145. The van der Waals surface area contributed by atoms with E-state index in [-0.39, 0.29) is 4.32 Å². The summed E-state index contributed by atoms with van der Waals surface area (Å²) in [6.07, 6.45) is 1.72. The third-order valence-corrected chi connectivity index (χ3v) is 5.40. The summed E-state index contributed by atoms with van der Waals surface area (Å²) in [5, 5.41) is 9.65. The SMILES string of the molecule is O=C(O)C(c1ccccc1)N1C(=O)C(=Cc2cccc(Br)c2)SC1=S. The number of carboxylic acids is 1. The molecule has 1 atom stereocenters. The maximum absolute atomic E-state index is 12.8. The molecule has 0 saturated carbocycles. The monoisotopic (exact) mass is 433 g/mol. The highest BCUT2D eigenvalue weighted by molar-refractivity contribution is 9.10. The number of hydrogen-bond acceptors (Lipinski definition) is 4. The normalized spacial score (nSPS) is 17.2. The zero-order valence-electron chi connectivity index (χ0n) is 12.8. The molecule has 3 rings (SSSR count). The number of aliphatic carboxylic acids is 1. The minimum atomic E-state index is -1.14. The Hall–Kier alpha value is -1.96. The van der Waals surface area contributed by atoms with Crippen molar-refractivity contribution in [3.8, 4) is 0 Å². The number of thiocarbonyl (C=S) groups is 1. The van der Waals surface area contributed by atoms with Crippen molar-refractivity contribution in [2.75, 3.05) is 0 Å². The van der Waals surface area contributed by atoms with Crippen LogP contribution in [0.15, 0.2) is 64.0 Å². The van der Waals surface area contributed by atoms with Crippen molar-refractivity contribution >= 4 is 62.2 Å². The molecule has 1 aliphatic heterocycles. The molecule has 1 fully saturated rings. The number of rotatable bonds is 4. The van der Waals surface area contributed by atoms with E-state index >= 15 is 0 Å². The molecule has 0 bridgehead atoms. The summed E-state index contributed by atoms with van der Waals surface area (Å²) in [5.41, 5.74) is 1.34. The molecule has 1 N–H and O–H groups in total. The van der Waals surface area contributed by atoms with E-state index in [9.17, 15) is 14.7 Å². The van der Waals surface area contributed by atoms with E-state index in [0.29, 0.717) is 10.5 Å². The molecule has 126 valence electrons. The predicted octanol–water partition coefficient (Wildman–Crippen LogP) is 4.48. The minimum absolute atomic E-state index is 0.238. The third kappa shape index (κ3) is 3.84. The molecule has 25 heavy (non-hydrogen) atoms. The van der Waals surface area contributed by atoms with E-state index in [1.54, 1.807) is 36.4 Å². The van der Waals surface area contributed by atoms with Crippen LogP contribution in [0.1, 0.15) is 17.2 Å². The smallest absolute Gasteiger partial charge is 0.331 e. The van der Waals surface area contributed by atoms with Gasteiger partial charge in [0, 0.05) is 4.47 Å². The lowest BCUT2D eigenvalue weighted by atomic mass is 10.1. The van der Waals surface area contributed by atoms with Gasteiger partial charge < -0.3 is 5.11 Å². The maximum atomic E-state index is 12.8. The Bertz CT molecular complexity index is 883. The van der Waals surface area contributed by atoms with Crippen LogP contribution >= 0.6 is 39.9 Å². The van der Waals surface area contributed by atoms with Gasteiger partial charge in [-0.15, -0.1) is 0 Å². The molecule has 2 aromatic rings. The number of carbonyl (C=O) groups excluding carboxylic acids is 1. The van der Waals surface area contributed by atoms with Crippen LogP contribution in [0.25, 0.3) is 6.08 Å². The number of nitrogens with zero attached hydrogens (tertiary/aromatic N) is 1. The topological polar surface area (TPSA) is 57.6 Å². The average molecular weight is 434 g/mol. The molecule has 1 aliphatic rings. The van der Waals surface area contributed by atoms with E-state index in [2.05, 4.69) is 15.9 Å². The van der Waals surface area contributed by atoms with Gasteiger partial charge in [-0.25, -0.2) is 4.79 Å². The predicted molar refractivity (Wildman–Crippen MR) is 106 cm³/mol. The van der Waals surface area contributed by atoms with Gasteiger partial charge in [0.1, 0.15) is 4.32 Å². The molecular formula is C18H12BrNO3S2. The van der Waals surface area contributed by atoms with Crippen LogP contribution < -0.4 is 0 Å². The van der Waals surface area contributed by atoms with Crippen LogP contribution in [0.5, 0.6) is 0 Å². The molecule has 7 heteroatoms. The highest BCUT2D eigenvalue weighted by atomic mass is 79.9. The van der Waals surface area contributed by atoms with E-state index in [4.69, 9.17) is 12.2 Å². The Morgan fingerprint density at radius 2 is 1.92 bits per heavy atom. The summed E-state index contributed by atoms with van der Waals surface area (Å²) in [5.74, 6) is -1.52. The first-order valence-corrected chi connectivity index (χ1v) is 9.29. The van der Waals surface area contributed by atoms with Crippen molar-refractivity contribution in [3.63, 3.8) is 0 Å². The van der Waals surface area contributed by atoms with Gasteiger partial charge in [-0.2, -0.15) is 0 Å². The van der Waals surface area contributed by atoms with Gasteiger partial charge in [0.05, 0.1) is 4.91 Å². The van der Waals surface area contributed by atoms with Crippen LogP contribution in [0.2, 0.25) is 0 Å². The standard InChI is InChI=1S/C18H12BrNO3S2/c19-13-8-4-5-11(9-13)10-14-16(21)20(18(24)25-14)15(17(22)23)12-6-2-1-3-7-12/h1-10,15H,(H,22,23). The second-order valence-electron chi connectivity index (χ2n) is 5.26. The quantitative estimate of drug-likeness (QED) is 0.568. The van der Waals surface area contributed by atoms with Crippen LogP contribution in [0, 0.1) is 0 Å². The van der Waals surface area contributed by atoms with Gasteiger partial charge >= 0.3 is 5.97 Å². The van der Waals surface area contributed by atoms with Crippen LogP contribution in [-0.4, -0.2) is 26.2 Å². The number of carboxylic acid groups (broad SMARTS) is 1. The highest BCUT2D eigenvalue weighted by Crippen LogP contribution is 2.38. The minimum Gasteiger partial charge on any atom is -0.479 e. The van der Waals surface area contributed by atoms with Gasteiger partial charge in [0.25, 0.3) is 5.91 Å². The van der Waals surface area contributed by atoms with Crippen molar-refractivity contribution in [3.05, 3.63) is 75.1 Å². The zero-order valence-corrected chi connectivity index (χ0v) is 16.0. The lowest BCUT2D eigenvalue weighted by Gasteiger charge is -2.23. The highest BCUT2D eigenvalue weighted by Gasteiger charge is 2.41. The second kappa shape index (κ2) is 7.51. The summed E-state index contributed by atoms with van der Waals surface area (Å²) in [7, 11) is 0. The first-order chi connectivity index (χ1) is 12.0. The number of amides is 1. The molecule has 2 aromatic carbocycles. The molecule has 0 aromatic heterocycles. The van der Waals surface area contributed by atoms with Crippen LogP contribution in [-0.2, 0) is 9.59 Å². The number of halogens is 1. The van der Waals surface area contributed by atoms with Crippen molar-refractivity contribution in [1.82, 2.24) is 4.90 Å². The first-order valence-electron chi connectivity index (χ1n) is 7.28. The van der Waals surface area contributed by atoms with Gasteiger partial charge in [-0.1, -0.05) is 82.4 Å². The fourth-order valence-electron chi connectivity index (χ4n) is 2.49. The van der Waals surface area contributed by atoms with Crippen molar-refractivity contribution in [1.29, 1.82) is 0 Å². The average Bonchev–Trinajstić information content (AvgIpc) is 2.84. The largest absolute Gasteiger partial charge is 0.479 e. The second-order valence-corrected chi connectivity index (χ2v) is 7.85. The van der Waals surface area contributed by atoms with E-state index in [1.165, 1.54) is 4.90 Å². The Morgan fingerprint density at radius 3 is 2.56 bits per heavy atom. The van der Waals surface area contributed by atoms with Crippen LogP contribution in [0.4, 0.5) is 0 Å². The Morgan fingerprint density at radius 1 is 1.20 bits per heavy atom. The Kier molecular flexibility index (Phi) is 5.36. The lowest BCUT2D eigenvalue weighted by Crippen LogP contribution is -2.37. The number of hydrogen-bond donors (Lipinski definition) is 1. The molecule has 1 heterocycles. The number of carbonyl (C=O) groups is 2. The van der Waals surface area contributed by atoms with Crippen molar-refractivity contribution in [2.24, 2.45) is 0 Å². The molecule has 1 saturated heterocycles. The van der Waals surface area contributed by atoms with Gasteiger partial charge in [0.2, 0.25) is 0 Å². The summed E-state index contributed by atoms with van der Waals surface area (Å²) < 4.78 is 1.13. The molecule has 0 aliphatic carbocycles. The van der Waals surface area contributed by atoms with Crippen LogP contribution in [0.3, 0.4) is 0 Å². The summed E-state index contributed by atoms with van der Waals surface area (Å²) >= 11 is 9.79. The van der Waals surface area contributed by atoms with E-state index in [1.807, 2.05) is 24.3 Å². The summed E-state index contributed by atoms with van der Waals surface area (Å²) in [6.45, 7) is 0. The number of thioether (sulfide) groups is 1. The fourth-order valence-corrected chi connectivity index (χ4v) is 4.22. The van der Waals surface area contributed by atoms with Crippen molar-refractivity contribution in [2.45, 2.75) is 6.04 Å². The Labute approximate surface area is 162 Å². The van der Waals surface area contributed by atoms with Gasteiger partial charge in [0.15, 0.2) is 6.04 Å². The fraction of sp³-hybridized carbons (Fsp3) is 0.0556. The molecule has 1 unspecified atom stereocenters.